The van der Waals surface area contributed by atoms with Crippen LogP contribution in [0.15, 0.2) is 22.6 Å². The summed E-state index contributed by atoms with van der Waals surface area (Å²) in [5.41, 5.74) is 7.94. The number of nitrogens with two attached hydrogens (primary N) is 1. The monoisotopic (exact) mass is 217 g/mol. The maximum absolute atomic E-state index is 5.79. The summed E-state index contributed by atoms with van der Waals surface area (Å²) in [5, 5.41) is 1.20. The van der Waals surface area contributed by atoms with Crippen molar-refractivity contribution in [3.63, 3.8) is 0 Å². The van der Waals surface area contributed by atoms with E-state index in [1.807, 2.05) is 12.1 Å². The summed E-state index contributed by atoms with van der Waals surface area (Å²) in [7, 11) is 1.66. The van der Waals surface area contributed by atoms with Gasteiger partial charge in [-0.2, -0.15) is 0 Å². The zero-order valence-corrected chi connectivity index (χ0v) is 9.32. The van der Waals surface area contributed by atoms with Crippen LogP contribution in [-0.4, -0.2) is 7.11 Å². The minimum atomic E-state index is 0.475. The topological polar surface area (TPSA) is 48.4 Å². The highest BCUT2D eigenvalue weighted by Gasteiger charge is 2.30. The van der Waals surface area contributed by atoms with Crippen LogP contribution in [0.1, 0.15) is 30.1 Å². The third-order valence-corrected chi connectivity index (χ3v) is 3.18. The van der Waals surface area contributed by atoms with Gasteiger partial charge < -0.3 is 14.9 Å². The quantitative estimate of drug-likeness (QED) is 0.860. The first-order valence-electron chi connectivity index (χ1n) is 5.63. The smallest absolute Gasteiger partial charge is 0.138 e. The molecule has 3 nitrogen and oxygen atoms in total. The van der Waals surface area contributed by atoms with Crippen LogP contribution < -0.4 is 10.5 Å². The molecule has 1 fully saturated rings. The zero-order valence-electron chi connectivity index (χ0n) is 9.32. The number of rotatable bonds is 3. The van der Waals surface area contributed by atoms with Gasteiger partial charge >= 0.3 is 0 Å². The van der Waals surface area contributed by atoms with Gasteiger partial charge in [-0.15, -0.1) is 0 Å². The second-order valence-electron chi connectivity index (χ2n) is 4.28. The molecule has 0 bridgehead atoms. The van der Waals surface area contributed by atoms with E-state index in [4.69, 9.17) is 14.9 Å². The molecule has 0 spiro atoms. The fourth-order valence-electron chi connectivity index (χ4n) is 2.25. The molecule has 84 valence electrons. The molecule has 3 rings (SSSR count). The molecule has 2 aromatic rings. The molecule has 0 aliphatic heterocycles. The molecule has 0 saturated heterocycles. The van der Waals surface area contributed by atoms with E-state index in [0.717, 1.165) is 17.1 Å². The van der Waals surface area contributed by atoms with Gasteiger partial charge in [0.1, 0.15) is 17.1 Å². The van der Waals surface area contributed by atoms with E-state index in [2.05, 4.69) is 6.07 Å². The fourth-order valence-corrected chi connectivity index (χ4v) is 2.25. The Morgan fingerprint density at radius 3 is 2.88 bits per heavy atom. The molecule has 1 heterocycles. The molecule has 0 radical (unpaired) electrons. The van der Waals surface area contributed by atoms with Crippen molar-refractivity contribution in [2.24, 2.45) is 5.73 Å². The second-order valence-corrected chi connectivity index (χ2v) is 4.28. The molecule has 0 atom stereocenters. The van der Waals surface area contributed by atoms with Crippen molar-refractivity contribution >= 4 is 11.0 Å². The van der Waals surface area contributed by atoms with Gasteiger partial charge in [0.25, 0.3) is 0 Å². The number of hydrogen-bond donors (Lipinski definition) is 1. The van der Waals surface area contributed by atoms with Crippen LogP contribution in [0, 0.1) is 0 Å². The highest BCUT2D eigenvalue weighted by molar-refractivity contribution is 5.84. The minimum Gasteiger partial charge on any atom is -0.497 e. The van der Waals surface area contributed by atoms with Gasteiger partial charge in [-0.25, -0.2) is 0 Å². The van der Waals surface area contributed by atoms with Crippen LogP contribution in [0.25, 0.3) is 11.0 Å². The van der Waals surface area contributed by atoms with E-state index in [1.165, 1.54) is 23.8 Å². The summed E-state index contributed by atoms with van der Waals surface area (Å²) >= 11 is 0. The maximum Gasteiger partial charge on any atom is 0.138 e. The second kappa shape index (κ2) is 3.52. The van der Waals surface area contributed by atoms with E-state index in [1.54, 1.807) is 7.11 Å². The van der Waals surface area contributed by atoms with E-state index < -0.39 is 0 Å². The lowest BCUT2D eigenvalue weighted by atomic mass is 10.1. The Kier molecular flexibility index (Phi) is 2.14. The van der Waals surface area contributed by atoms with Crippen molar-refractivity contribution in [1.82, 2.24) is 0 Å². The molecule has 3 heteroatoms. The van der Waals surface area contributed by atoms with Gasteiger partial charge in [-0.3, -0.25) is 0 Å². The Morgan fingerprint density at radius 1 is 1.44 bits per heavy atom. The summed E-state index contributed by atoms with van der Waals surface area (Å²) in [6.45, 7) is 0.475. The molecule has 1 aromatic carbocycles. The maximum atomic E-state index is 5.79. The molecule has 16 heavy (non-hydrogen) atoms. The van der Waals surface area contributed by atoms with Gasteiger partial charge in [0, 0.05) is 17.0 Å². The average molecular weight is 217 g/mol. The summed E-state index contributed by atoms with van der Waals surface area (Å²) in [4.78, 5) is 0. The fraction of sp³-hybridized carbons (Fsp3) is 0.385. The Morgan fingerprint density at radius 2 is 2.25 bits per heavy atom. The highest BCUT2D eigenvalue weighted by atomic mass is 16.5. The van der Waals surface area contributed by atoms with Crippen LogP contribution in [0.5, 0.6) is 5.75 Å². The van der Waals surface area contributed by atoms with Gasteiger partial charge in [0.15, 0.2) is 0 Å². The summed E-state index contributed by atoms with van der Waals surface area (Å²) in [5.74, 6) is 2.42. The number of methoxy groups -OCH3 is 1. The number of furan rings is 1. The van der Waals surface area contributed by atoms with Crippen molar-refractivity contribution in [2.75, 3.05) is 7.11 Å². The van der Waals surface area contributed by atoms with Gasteiger partial charge in [-0.1, -0.05) is 0 Å². The summed E-state index contributed by atoms with van der Waals surface area (Å²) in [6, 6.07) is 5.98. The van der Waals surface area contributed by atoms with Crippen molar-refractivity contribution in [3.8, 4) is 5.75 Å². The largest absolute Gasteiger partial charge is 0.497 e. The summed E-state index contributed by atoms with van der Waals surface area (Å²) in [6.07, 6.45) is 2.52. The Hall–Kier alpha value is -1.48. The first-order chi connectivity index (χ1) is 7.83. The molecule has 0 unspecified atom stereocenters. The first-order valence-corrected chi connectivity index (χ1v) is 5.63. The summed E-state index contributed by atoms with van der Waals surface area (Å²) < 4.78 is 11.0. The average Bonchev–Trinajstić information content (AvgIpc) is 3.08. The van der Waals surface area contributed by atoms with Gasteiger partial charge in [-0.05, 0) is 30.9 Å². The molecule has 1 saturated carbocycles. The Balaban J connectivity index is 2.21. The lowest BCUT2D eigenvalue weighted by Gasteiger charge is -1.99. The van der Waals surface area contributed by atoms with E-state index >= 15 is 0 Å². The van der Waals surface area contributed by atoms with Crippen molar-refractivity contribution in [2.45, 2.75) is 25.3 Å². The number of hydrogen-bond acceptors (Lipinski definition) is 3. The number of fused-ring (bicyclic) bond motifs is 1. The first kappa shape index (κ1) is 9.73. The van der Waals surface area contributed by atoms with Gasteiger partial charge in [0.05, 0.1) is 13.7 Å². The third kappa shape index (κ3) is 1.39. The number of ether oxygens (including phenoxy) is 1. The van der Waals surface area contributed by atoms with Crippen molar-refractivity contribution < 1.29 is 9.15 Å². The van der Waals surface area contributed by atoms with Crippen LogP contribution in [0.3, 0.4) is 0 Å². The van der Waals surface area contributed by atoms with Crippen LogP contribution in [0.2, 0.25) is 0 Å². The molecule has 0 amide bonds. The molecule has 1 aliphatic rings. The standard InChI is InChI=1S/C13H15NO2/c1-15-9-4-5-10-11(6-9)16-12(7-14)13(10)8-2-3-8/h4-6,8H,2-3,7,14H2,1H3. The van der Waals surface area contributed by atoms with E-state index in [0.29, 0.717) is 12.5 Å². The number of benzene rings is 1. The van der Waals surface area contributed by atoms with E-state index in [-0.39, 0.29) is 0 Å². The predicted molar refractivity (Wildman–Crippen MR) is 62.6 cm³/mol. The lowest BCUT2D eigenvalue weighted by Crippen LogP contribution is -1.97. The van der Waals surface area contributed by atoms with E-state index in [9.17, 15) is 0 Å². The van der Waals surface area contributed by atoms with Crippen LogP contribution in [0.4, 0.5) is 0 Å². The predicted octanol–water partition coefficient (Wildman–Crippen LogP) is 2.78. The molecule has 1 aromatic heterocycles. The van der Waals surface area contributed by atoms with Crippen LogP contribution >= 0.6 is 0 Å². The SMILES string of the molecule is COc1ccc2c(C3CC3)c(CN)oc2c1. The zero-order chi connectivity index (χ0) is 11.1. The van der Waals surface area contributed by atoms with Crippen LogP contribution in [-0.2, 0) is 6.54 Å². The van der Waals surface area contributed by atoms with Gasteiger partial charge in [0.2, 0.25) is 0 Å². The molecule has 1 aliphatic carbocycles. The highest BCUT2D eigenvalue weighted by Crippen LogP contribution is 2.46. The molecular formula is C13H15NO2. The Labute approximate surface area is 94.2 Å². The molecular weight excluding hydrogens is 202 g/mol. The third-order valence-electron chi connectivity index (χ3n) is 3.18. The van der Waals surface area contributed by atoms with Crippen molar-refractivity contribution in [3.05, 3.63) is 29.5 Å². The normalized spacial score (nSPS) is 15.6. The lowest BCUT2D eigenvalue weighted by molar-refractivity contribution is 0.414. The molecule has 2 N–H and O–H groups in total. The minimum absolute atomic E-state index is 0.475. The van der Waals surface area contributed by atoms with Crippen molar-refractivity contribution in [1.29, 1.82) is 0 Å². The Bertz CT molecular complexity index is 526.